The van der Waals surface area contributed by atoms with Crippen LogP contribution in [0, 0.1) is 0 Å². The van der Waals surface area contributed by atoms with Crippen LogP contribution in [0.2, 0.25) is 0 Å². The van der Waals surface area contributed by atoms with E-state index in [1.165, 1.54) is 0 Å². The second kappa shape index (κ2) is 4.63. The first-order chi connectivity index (χ1) is 6.27. The van der Waals surface area contributed by atoms with E-state index in [1.807, 2.05) is 0 Å². The van der Waals surface area contributed by atoms with Crippen LogP contribution in [0.1, 0.15) is 9.80 Å². The van der Waals surface area contributed by atoms with Gasteiger partial charge in [0.2, 0.25) is 10.1 Å². The van der Waals surface area contributed by atoms with Gasteiger partial charge in [-0.2, -0.15) is 0 Å². The molecule has 70 valence electrons. The first-order valence-electron chi connectivity index (χ1n) is 3.36. The fraction of sp³-hybridized carbons (Fsp3) is 0.333. The van der Waals surface area contributed by atoms with Crippen molar-refractivity contribution in [3.8, 4) is 0 Å². The van der Waals surface area contributed by atoms with Gasteiger partial charge >= 0.3 is 5.97 Å². The SMILES string of the molecule is C=Nc1nnc(C(=O)OCCO)s1. The van der Waals surface area contributed by atoms with Crippen molar-refractivity contribution in [2.45, 2.75) is 0 Å². The zero-order valence-electron chi connectivity index (χ0n) is 6.63. The second-order valence-corrected chi connectivity index (χ2v) is 2.86. The molecule has 13 heavy (non-hydrogen) atoms. The highest BCUT2D eigenvalue weighted by atomic mass is 32.1. The topological polar surface area (TPSA) is 84.7 Å². The summed E-state index contributed by atoms with van der Waals surface area (Å²) in [6.45, 7) is 2.97. The van der Waals surface area contributed by atoms with Crippen LogP contribution in [-0.4, -0.2) is 41.2 Å². The van der Waals surface area contributed by atoms with Crippen LogP contribution in [-0.2, 0) is 4.74 Å². The molecule has 1 aromatic heterocycles. The van der Waals surface area contributed by atoms with Gasteiger partial charge in [-0.15, -0.1) is 10.2 Å². The molecule has 0 aromatic carbocycles. The molecule has 0 aliphatic heterocycles. The number of aromatic nitrogens is 2. The molecule has 1 rings (SSSR count). The molecule has 0 aliphatic rings. The number of aliphatic imine (C=N–C) groups is 1. The normalized spacial score (nSPS) is 9.62. The summed E-state index contributed by atoms with van der Waals surface area (Å²) in [5, 5.41) is 15.9. The molecular weight excluding hydrogens is 194 g/mol. The predicted molar refractivity (Wildman–Crippen MR) is 46.5 cm³/mol. The lowest BCUT2D eigenvalue weighted by molar-refractivity contribution is 0.0432. The Hall–Kier alpha value is -1.34. The van der Waals surface area contributed by atoms with Gasteiger partial charge in [-0.05, 0) is 6.72 Å². The van der Waals surface area contributed by atoms with E-state index in [0.29, 0.717) is 5.13 Å². The van der Waals surface area contributed by atoms with E-state index >= 15 is 0 Å². The Morgan fingerprint density at radius 2 is 2.46 bits per heavy atom. The average Bonchev–Trinajstić information content (AvgIpc) is 2.62. The van der Waals surface area contributed by atoms with E-state index in [1.54, 1.807) is 0 Å². The number of nitrogens with zero attached hydrogens (tertiary/aromatic N) is 3. The van der Waals surface area contributed by atoms with Gasteiger partial charge in [-0.3, -0.25) is 0 Å². The molecule has 6 nitrogen and oxygen atoms in total. The van der Waals surface area contributed by atoms with E-state index in [9.17, 15) is 4.79 Å². The van der Waals surface area contributed by atoms with Gasteiger partial charge in [0, 0.05) is 0 Å². The predicted octanol–water partition coefficient (Wildman–Crippen LogP) is 0.0193. The number of aliphatic hydroxyl groups is 1. The molecule has 0 atom stereocenters. The van der Waals surface area contributed by atoms with Crippen molar-refractivity contribution >= 4 is 29.2 Å². The fourth-order valence-corrected chi connectivity index (χ4v) is 1.10. The van der Waals surface area contributed by atoms with E-state index in [2.05, 4.69) is 26.6 Å². The quantitative estimate of drug-likeness (QED) is 0.548. The lowest BCUT2D eigenvalue weighted by Crippen LogP contribution is -2.08. The van der Waals surface area contributed by atoms with Crippen molar-refractivity contribution in [1.82, 2.24) is 10.2 Å². The summed E-state index contributed by atoms with van der Waals surface area (Å²) in [5.41, 5.74) is 0. The number of ether oxygens (including phenoxy) is 1. The number of hydrogen-bond acceptors (Lipinski definition) is 7. The van der Waals surface area contributed by atoms with Crippen LogP contribution in [0.5, 0.6) is 0 Å². The van der Waals surface area contributed by atoms with Crippen molar-refractivity contribution in [3.05, 3.63) is 5.01 Å². The second-order valence-electron chi connectivity index (χ2n) is 1.91. The first-order valence-corrected chi connectivity index (χ1v) is 4.17. The number of hydrogen-bond donors (Lipinski definition) is 1. The van der Waals surface area contributed by atoms with Gasteiger partial charge in [-0.1, -0.05) is 11.3 Å². The van der Waals surface area contributed by atoms with E-state index in [4.69, 9.17) is 5.11 Å². The number of esters is 1. The molecule has 1 N–H and O–H groups in total. The molecule has 1 aromatic rings. The summed E-state index contributed by atoms with van der Waals surface area (Å²) in [4.78, 5) is 14.5. The summed E-state index contributed by atoms with van der Waals surface area (Å²) < 4.78 is 4.59. The van der Waals surface area contributed by atoms with Gasteiger partial charge in [0.25, 0.3) is 0 Å². The van der Waals surface area contributed by atoms with Gasteiger partial charge in [0.15, 0.2) is 0 Å². The Labute approximate surface area is 77.9 Å². The molecule has 0 aliphatic carbocycles. The molecule has 7 heteroatoms. The van der Waals surface area contributed by atoms with Crippen LogP contribution < -0.4 is 0 Å². The van der Waals surface area contributed by atoms with Gasteiger partial charge in [0.1, 0.15) is 6.61 Å². The summed E-state index contributed by atoms with van der Waals surface area (Å²) >= 11 is 0.984. The number of rotatable bonds is 4. The highest BCUT2D eigenvalue weighted by molar-refractivity contribution is 7.16. The van der Waals surface area contributed by atoms with Crippen LogP contribution in [0.3, 0.4) is 0 Å². The Morgan fingerprint density at radius 3 is 3.00 bits per heavy atom. The van der Waals surface area contributed by atoms with Crippen molar-refractivity contribution in [2.24, 2.45) is 4.99 Å². The van der Waals surface area contributed by atoms with E-state index in [0.717, 1.165) is 11.3 Å². The number of carbonyl (C=O) groups excluding carboxylic acids is 1. The lowest BCUT2D eigenvalue weighted by Gasteiger charge is -1.96. The fourth-order valence-electron chi connectivity index (χ4n) is 0.562. The summed E-state index contributed by atoms with van der Waals surface area (Å²) in [5.74, 6) is -0.610. The summed E-state index contributed by atoms with van der Waals surface area (Å²) in [6, 6.07) is 0. The minimum absolute atomic E-state index is 0.0464. The van der Waals surface area contributed by atoms with Gasteiger partial charge in [-0.25, -0.2) is 9.79 Å². The maximum Gasteiger partial charge on any atom is 0.369 e. The zero-order valence-corrected chi connectivity index (χ0v) is 7.45. The minimum Gasteiger partial charge on any atom is -0.458 e. The summed E-state index contributed by atoms with van der Waals surface area (Å²) in [7, 11) is 0. The highest BCUT2D eigenvalue weighted by Gasteiger charge is 2.12. The standard InChI is InChI=1S/C6H7N3O3S/c1-7-6-9-8-4(13-6)5(11)12-3-2-10/h10H,1-3H2. The average molecular weight is 201 g/mol. The Bertz CT molecular complexity index is 312. The maximum absolute atomic E-state index is 11.0. The third-order valence-corrected chi connectivity index (χ3v) is 1.88. The molecule has 0 bridgehead atoms. The molecule has 0 saturated carbocycles. The Morgan fingerprint density at radius 1 is 1.69 bits per heavy atom. The monoisotopic (exact) mass is 201 g/mol. The van der Waals surface area contributed by atoms with Crippen LogP contribution in [0.15, 0.2) is 4.99 Å². The Kier molecular flexibility index (Phi) is 3.47. The summed E-state index contributed by atoms with van der Waals surface area (Å²) in [6.07, 6.45) is 0. The van der Waals surface area contributed by atoms with Crippen LogP contribution >= 0.6 is 11.3 Å². The largest absolute Gasteiger partial charge is 0.458 e. The molecule has 1 heterocycles. The van der Waals surface area contributed by atoms with Crippen molar-refractivity contribution in [1.29, 1.82) is 0 Å². The van der Waals surface area contributed by atoms with Crippen LogP contribution in [0.4, 0.5) is 5.13 Å². The van der Waals surface area contributed by atoms with E-state index < -0.39 is 5.97 Å². The smallest absolute Gasteiger partial charge is 0.369 e. The molecule has 0 fully saturated rings. The molecule has 0 spiro atoms. The van der Waals surface area contributed by atoms with Gasteiger partial charge in [0.05, 0.1) is 6.61 Å². The molecule has 0 radical (unpaired) electrons. The Balaban J connectivity index is 2.60. The van der Waals surface area contributed by atoms with E-state index in [-0.39, 0.29) is 18.2 Å². The molecule has 0 unspecified atom stereocenters. The first kappa shape index (κ1) is 9.75. The zero-order chi connectivity index (χ0) is 9.68. The lowest BCUT2D eigenvalue weighted by atomic mass is 10.7. The van der Waals surface area contributed by atoms with Gasteiger partial charge < -0.3 is 9.84 Å². The molecular formula is C6H7N3O3S. The van der Waals surface area contributed by atoms with Crippen LogP contribution in [0.25, 0.3) is 0 Å². The van der Waals surface area contributed by atoms with Crippen molar-refractivity contribution in [3.63, 3.8) is 0 Å². The maximum atomic E-state index is 11.0. The number of carbonyl (C=O) groups is 1. The van der Waals surface area contributed by atoms with Crippen molar-refractivity contribution in [2.75, 3.05) is 13.2 Å². The molecule has 0 amide bonds. The highest BCUT2D eigenvalue weighted by Crippen LogP contribution is 2.17. The van der Waals surface area contributed by atoms with Crippen molar-refractivity contribution < 1.29 is 14.6 Å². The minimum atomic E-state index is -0.610. The third-order valence-electron chi connectivity index (χ3n) is 1.05. The number of aliphatic hydroxyl groups excluding tert-OH is 1. The molecule has 0 saturated heterocycles. The third kappa shape index (κ3) is 2.56.